The highest BCUT2D eigenvalue weighted by Gasteiger charge is 2.36. The van der Waals surface area contributed by atoms with E-state index in [2.05, 4.69) is 10.2 Å². The summed E-state index contributed by atoms with van der Waals surface area (Å²) in [6.07, 6.45) is 12.2. The fourth-order valence-corrected chi connectivity index (χ4v) is 5.44. The lowest BCUT2D eigenvalue weighted by Gasteiger charge is -2.43. The molecule has 0 radical (unpaired) electrons. The third-order valence-corrected chi connectivity index (χ3v) is 7.11. The lowest BCUT2D eigenvalue weighted by atomic mass is 9.87. The summed E-state index contributed by atoms with van der Waals surface area (Å²) >= 11 is 0. The Bertz CT molecular complexity index is 838. The molecule has 2 aromatic carbocycles. The van der Waals surface area contributed by atoms with E-state index in [9.17, 15) is 9.59 Å². The summed E-state index contributed by atoms with van der Waals surface area (Å²) in [6.45, 7) is 0. The Kier molecular flexibility index (Phi) is 7.97. The molecule has 0 bridgehead atoms. The molecule has 1 unspecified atom stereocenters. The smallest absolute Gasteiger partial charge is 0.251 e. The maximum atomic E-state index is 14.1. The Morgan fingerprint density at radius 3 is 1.78 bits per heavy atom. The third-order valence-electron chi connectivity index (χ3n) is 7.11. The highest BCUT2D eigenvalue weighted by atomic mass is 16.2. The van der Waals surface area contributed by atoms with E-state index >= 15 is 0 Å². The SMILES string of the molecule is O=C(NC(Cc1ccccc1)C(=O)N(C1CCCCC1)C1CCCCC1)c1ccccc1. The van der Waals surface area contributed by atoms with Crippen LogP contribution >= 0.6 is 0 Å². The van der Waals surface area contributed by atoms with Gasteiger partial charge in [0.1, 0.15) is 6.04 Å². The minimum Gasteiger partial charge on any atom is -0.340 e. The standard InChI is InChI=1S/C28H36N2O2/c31-27(23-15-7-2-8-16-23)29-26(21-22-13-5-1-6-14-22)28(32)30(24-17-9-3-10-18-24)25-19-11-4-12-20-25/h1-2,5-8,13-16,24-26H,3-4,9-12,17-21H2,(H,29,31). The average molecular weight is 433 g/mol. The van der Waals surface area contributed by atoms with Gasteiger partial charge in [-0.3, -0.25) is 9.59 Å². The summed E-state index contributed by atoms with van der Waals surface area (Å²) in [5.41, 5.74) is 1.67. The zero-order chi connectivity index (χ0) is 22.2. The first-order valence-electron chi connectivity index (χ1n) is 12.4. The lowest BCUT2D eigenvalue weighted by molar-refractivity contribution is -0.140. The predicted molar refractivity (Wildman–Crippen MR) is 128 cm³/mol. The van der Waals surface area contributed by atoms with Gasteiger partial charge in [0.15, 0.2) is 0 Å². The first-order chi connectivity index (χ1) is 15.7. The summed E-state index contributed by atoms with van der Waals surface area (Å²) < 4.78 is 0. The van der Waals surface area contributed by atoms with Gasteiger partial charge >= 0.3 is 0 Å². The first-order valence-corrected chi connectivity index (χ1v) is 12.4. The van der Waals surface area contributed by atoms with Crippen molar-refractivity contribution < 1.29 is 9.59 Å². The van der Waals surface area contributed by atoms with Crippen molar-refractivity contribution in [3.63, 3.8) is 0 Å². The predicted octanol–water partition coefficient (Wildman–Crippen LogP) is 5.52. The van der Waals surface area contributed by atoms with Gasteiger partial charge in [-0.05, 0) is 43.4 Å². The maximum absolute atomic E-state index is 14.1. The zero-order valence-corrected chi connectivity index (χ0v) is 19.0. The minimum atomic E-state index is -0.547. The van der Waals surface area contributed by atoms with Crippen molar-refractivity contribution in [2.24, 2.45) is 0 Å². The van der Waals surface area contributed by atoms with Gasteiger partial charge in [-0.1, -0.05) is 87.1 Å². The Balaban J connectivity index is 1.59. The largest absolute Gasteiger partial charge is 0.340 e. The van der Waals surface area contributed by atoms with E-state index in [1.165, 1.54) is 38.5 Å². The van der Waals surface area contributed by atoms with Crippen LogP contribution in [0.5, 0.6) is 0 Å². The maximum Gasteiger partial charge on any atom is 0.251 e. The lowest BCUT2D eigenvalue weighted by Crippen LogP contribution is -2.56. The van der Waals surface area contributed by atoms with E-state index in [0.717, 1.165) is 31.2 Å². The van der Waals surface area contributed by atoms with Gasteiger partial charge in [-0.15, -0.1) is 0 Å². The summed E-state index contributed by atoms with van der Waals surface area (Å²) in [6, 6.07) is 19.4. The molecule has 2 aromatic rings. The number of nitrogens with zero attached hydrogens (tertiary/aromatic N) is 1. The zero-order valence-electron chi connectivity index (χ0n) is 19.0. The molecule has 2 amide bonds. The van der Waals surface area contributed by atoms with Crippen molar-refractivity contribution in [1.82, 2.24) is 10.2 Å². The summed E-state index contributed by atoms with van der Waals surface area (Å²) in [5.74, 6) is -0.0657. The van der Waals surface area contributed by atoms with Gasteiger partial charge in [0, 0.05) is 24.1 Å². The minimum absolute atomic E-state index is 0.108. The van der Waals surface area contributed by atoms with Crippen LogP contribution in [-0.4, -0.2) is 34.8 Å². The van der Waals surface area contributed by atoms with Crippen molar-refractivity contribution in [2.75, 3.05) is 0 Å². The van der Waals surface area contributed by atoms with Crippen LogP contribution < -0.4 is 5.32 Å². The van der Waals surface area contributed by atoms with Crippen LogP contribution in [0.3, 0.4) is 0 Å². The van der Waals surface area contributed by atoms with Gasteiger partial charge in [0.05, 0.1) is 0 Å². The number of amides is 2. The topological polar surface area (TPSA) is 49.4 Å². The molecule has 0 saturated heterocycles. The molecule has 4 heteroatoms. The second-order valence-corrected chi connectivity index (χ2v) is 9.41. The van der Waals surface area contributed by atoms with E-state index in [1.807, 2.05) is 48.5 Å². The Labute approximate surface area is 192 Å². The second-order valence-electron chi connectivity index (χ2n) is 9.41. The van der Waals surface area contributed by atoms with Gasteiger partial charge in [-0.25, -0.2) is 0 Å². The molecule has 2 fully saturated rings. The normalized spacial score (nSPS) is 18.6. The number of carbonyl (C=O) groups excluding carboxylic acids is 2. The number of hydrogen-bond donors (Lipinski definition) is 1. The van der Waals surface area contributed by atoms with E-state index in [-0.39, 0.29) is 11.8 Å². The summed E-state index contributed by atoms with van der Waals surface area (Å²) in [4.78, 5) is 29.4. The number of hydrogen-bond acceptors (Lipinski definition) is 2. The molecule has 0 heterocycles. The van der Waals surface area contributed by atoms with Crippen LogP contribution in [0.15, 0.2) is 60.7 Å². The van der Waals surface area contributed by atoms with Crippen molar-refractivity contribution in [2.45, 2.75) is 88.8 Å². The van der Waals surface area contributed by atoms with Crippen molar-refractivity contribution in [3.05, 3.63) is 71.8 Å². The molecule has 1 atom stereocenters. The van der Waals surface area contributed by atoms with E-state index < -0.39 is 6.04 Å². The number of nitrogens with one attached hydrogen (secondary N) is 1. The quantitative estimate of drug-likeness (QED) is 0.626. The molecule has 0 aromatic heterocycles. The van der Waals surface area contributed by atoms with Crippen LogP contribution in [0.4, 0.5) is 0 Å². The molecule has 1 N–H and O–H groups in total. The third kappa shape index (κ3) is 5.79. The Hall–Kier alpha value is -2.62. The molecule has 32 heavy (non-hydrogen) atoms. The molecule has 2 saturated carbocycles. The highest BCUT2D eigenvalue weighted by molar-refractivity contribution is 5.97. The van der Waals surface area contributed by atoms with Crippen LogP contribution in [0.25, 0.3) is 0 Å². The summed E-state index contributed by atoms with van der Waals surface area (Å²) in [5, 5.41) is 3.11. The van der Waals surface area contributed by atoms with Gasteiger partial charge in [0.25, 0.3) is 5.91 Å². The Morgan fingerprint density at radius 1 is 0.750 bits per heavy atom. The van der Waals surface area contributed by atoms with Crippen molar-refractivity contribution in [3.8, 4) is 0 Å². The molecule has 0 spiro atoms. The Morgan fingerprint density at radius 2 is 1.25 bits per heavy atom. The van der Waals surface area contributed by atoms with Crippen LogP contribution in [0.2, 0.25) is 0 Å². The highest BCUT2D eigenvalue weighted by Crippen LogP contribution is 2.31. The first kappa shape index (κ1) is 22.6. The van der Waals surface area contributed by atoms with Gasteiger partial charge in [0.2, 0.25) is 5.91 Å². The molecule has 4 rings (SSSR count). The summed E-state index contributed by atoms with van der Waals surface area (Å²) in [7, 11) is 0. The van der Waals surface area contributed by atoms with Gasteiger partial charge < -0.3 is 10.2 Å². The number of carbonyl (C=O) groups is 2. The molecule has 4 nitrogen and oxygen atoms in total. The molecular formula is C28H36N2O2. The molecule has 2 aliphatic rings. The van der Waals surface area contributed by atoms with E-state index in [4.69, 9.17) is 0 Å². The van der Waals surface area contributed by atoms with Crippen LogP contribution in [-0.2, 0) is 11.2 Å². The average Bonchev–Trinajstić information content (AvgIpc) is 2.86. The monoisotopic (exact) mass is 432 g/mol. The van der Waals surface area contributed by atoms with Crippen molar-refractivity contribution >= 4 is 11.8 Å². The molecule has 170 valence electrons. The fourth-order valence-electron chi connectivity index (χ4n) is 5.44. The second kappa shape index (κ2) is 11.3. The molecular weight excluding hydrogens is 396 g/mol. The van der Waals surface area contributed by atoms with Crippen LogP contribution in [0, 0.1) is 0 Å². The molecule has 0 aliphatic heterocycles. The van der Waals surface area contributed by atoms with Gasteiger partial charge in [-0.2, -0.15) is 0 Å². The number of benzene rings is 2. The fraction of sp³-hybridized carbons (Fsp3) is 0.500. The van der Waals surface area contributed by atoms with E-state index in [0.29, 0.717) is 24.1 Å². The van der Waals surface area contributed by atoms with Crippen molar-refractivity contribution in [1.29, 1.82) is 0 Å². The van der Waals surface area contributed by atoms with Crippen LogP contribution in [0.1, 0.15) is 80.1 Å². The van der Waals surface area contributed by atoms with E-state index in [1.54, 1.807) is 12.1 Å². The molecule has 2 aliphatic carbocycles. The number of rotatable bonds is 7.